The monoisotopic (exact) mass is 1580 g/mol. The number of para-hydroxylation sites is 4. The molecule has 4 nitrogen and oxygen atoms in total. The molecule has 0 unspecified atom stereocenters. The topological polar surface area (TPSA) is 16.3 Å². The molecular weight excluding hydrogens is 1500 g/mol. The largest absolute Gasteiger partial charge is 0.310 e. The second-order valence-corrected chi connectivity index (χ2v) is 32.1. The minimum atomic E-state index is 1.10. The Kier molecular flexibility index (Phi) is 18.2. The fraction of sp³-hybridized carbons (Fsp3) is 0. The Hall–Kier alpha value is -16.4. The van der Waals surface area contributed by atoms with Crippen molar-refractivity contribution in [1.29, 1.82) is 0 Å². The number of hydrogen-bond donors (Lipinski definition) is 0. The van der Waals surface area contributed by atoms with Crippen molar-refractivity contribution in [2.24, 2.45) is 0 Å². The van der Waals surface area contributed by atoms with Gasteiger partial charge < -0.3 is 18.9 Å². The van der Waals surface area contributed by atoms with Crippen molar-refractivity contribution in [3.05, 3.63) is 485 Å². The van der Waals surface area contributed by atoms with Gasteiger partial charge in [-0.05, 0) is 253 Å². The number of fused-ring (bicyclic) bond motifs is 12. The van der Waals surface area contributed by atoms with Gasteiger partial charge in [0.2, 0.25) is 0 Å². The van der Waals surface area contributed by atoms with Gasteiger partial charge in [0.05, 0.1) is 27.8 Å². The van der Waals surface area contributed by atoms with Crippen LogP contribution >= 0.6 is 0 Å². The first kappa shape index (κ1) is 72.8. The summed E-state index contributed by atoms with van der Waals surface area (Å²) in [5.74, 6) is 0. The molecule has 0 aliphatic heterocycles. The van der Waals surface area contributed by atoms with Gasteiger partial charge in [0.1, 0.15) is 0 Å². The molecule has 2 aromatic heterocycles. The van der Waals surface area contributed by atoms with Gasteiger partial charge in [0.25, 0.3) is 0 Å². The van der Waals surface area contributed by atoms with Crippen molar-refractivity contribution in [2.75, 3.05) is 9.80 Å². The summed E-state index contributed by atoms with van der Waals surface area (Å²) in [5.41, 5.74) is 28.5. The Labute approximate surface area is 719 Å². The standard InChI is InChI=1S/2C60H40N2/c1-3-17-43(18-4-1)59-51-24-9-11-26-53(51)60(54-27-12-10-25-52(54)59)44-32-37-48(38-33-44)61(56-29-15-19-42-16-7-8-22-49(42)56)47-35-30-41(31-36-47)45-34-39-58-55(40-45)50-23-13-14-28-57(50)62(58)46-20-5-2-6-21-46;1-3-16-43(17-4-1)59-52-22-9-11-24-54(52)60(55-25-12-10-23-53(55)59)44-30-35-49(36-31-44)61(50-37-29-41-15-7-8-18-45(41)39-50)48-33-27-42(28-34-48)46-32-38-58-56(40-46)51-21-13-14-26-57(51)62(58)47-19-5-2-6-20-47/h2*1-40H. The van der Waals surface area contributed by atoms with Crippen LogP contribution in [0.2, 0.25) is 0 Å². The van der Waals surface area contributed by atoms with Crippen LogP contribution in [0.25, 0.3) is 186 Å². The van der Waals surface area contributed by atoms with E-state index < -0.39 is 0 Å². The van der Waals surface area contributed by atoms with Crippen LogP contribution in [0.5, 0.6) is 0 Å². The van der Waals surface area contributed by atoms with Crippen LogP contribution in [0, 0.1) is 0 Å². The van der Waals surface area contributed by atoms with Gasteiger partial charge in [-0.2, -0.15) is 0 Å². The van der Waals surface area contributed by atoms with Gasteiger partial charge in [0, 0.05) is 66.7 Å². The number of anilines is 6. The number of benzene rings is 22. The maximum absolute atomic E-state index is 2.40. The van der Waals surface area contributed by atoms with E-state index in [1.807, 2.05) is 0 Å². The minimum Gasteiger partial charge on any atom is -0.310 e. The lowest BCUT2D eigenvalue weighted by molar-refractivity contribution is 1.18. The third-order valence-electron chi connectivity index (χ3n) is 25.1. The highest BCUT2D eigenvalue weighted by molar-refractivity contribution is 6.23. The molecule has 0 fully saturated rings. The molecule has 22 aromatic carbocycles. The minimum absolute atomic E-state index is 1.10. The molecule has 24 rings (SSSR count). The zero-order chi connectivity index (χ0) is 82.0. The SMILES string of the molecule is c1ccc(-c2c3ccccc3c(-c3ccc(N(c4ccc(-c5ccc6c(c5)c5ccccc5n6-c5ccccc5)cc4)c4ccc5ccccc5c4)cc3)c3ccccc23)cc1.c1ccc(-c2c3ccccc3c(-c3ccc(N(c4ccc(-c5ccc6c(c5)c5ccccc5n6-c5ccccc5)cc4)c4cccc5ccccc45)cc3)c3ccccc23)cc1. The third kappa shape index (κ3) is 12.8. The number of nitrogens with zero attached hydrogens (tertiary/aromatic N) is 4. The molecule has 0 bridgehead atoms. The first-order chi connectivity index (χ1) is 61.5. The summed E-state index contributed by atoms with van der Waals surface area (Å²) in [7, 11) is 0. The van der Waals surface area contributed by atoms with Crippen molar-refractivity contribution in [1.82, 2.24) is 9.13 Å². The molecule has 24 aromatic rings. The molecule has 580 valence electrons. The molecular formula is C120H80N4. The molecule has 0 saturated heterocycles. The molecule has 124 heavy (non-hydrogen) atoms. The summed E-state index contributed by atoms with van der Waals surface area (Å²) in [4.78, 5) is 4.78. The van der Waals surface area contributed by atoms with Crippen LogP contribution < -0.4 is 9.80 Å². The van der Waals surface area contributed by atoms with E-state index >= 15 is 0 Å². The highest BCUT2D eigenvalue weighted by atomic mass is 15.1. The number of rotatable bonds is 14. The van der Waals surface area contributed by atoms with E-state index in [0.717, 1.165) is 34.1 Å². The molecule has 0 atom stereocenters. The first-order valence-electron chi connectivity index (χ1n) is 42.7. The molecule has 2 heterocycles. The Balaban J connectivity index is 0.000000143. The summed E-state index contributed by atoms with van der Waals surface area (Å²) in [6.07, 6.45) is 0. The Morgan fingerprint density at radius 3 is 0.806 bits per heavy atom. The van der Waals surface area contributed by atoms with Crippen LogP contribution in [-0.2, 0) is 0 Å². The van der Waals surface area contributed by atoms with Crippen molar-refractivity contribution in [2.45, 2.75) is 0 Å². The van der Waals surface area contributed by atoms with Crippen LogP contribution in [0.15, 0.2) is 485 Å². The van der Waals surface area contributed by atoms with Crippen LogP contribution in [0.3, 0.4) is 0 Å². The number of hydrogen-bond acceptors (Lipinski definition) is 2. The van der Waals surface area contributed by atoms with E-state index in [1.54, 1.807) is 0 Å². The summed E-state index contributed by atoms with van der Waals surface area (Å²) >= 11 is 0. The number of aromatic nitrogens is 2. The van der Waals surface area contributed by atoms with E-state index in [-0.39, 0.29) is 0 Å². The molecule has 0 amide bonds. The van der Waals surface area contributed by atoms with Crippen molar-refractivity contribution < 1.29 is 0 Å². The molecule has 0 saturated carbocycles. The molecule has 0 aliphatic rings. The van der Waals surface area contributed by atoms with Gasteiger partial charge in [-0.1, -0.05) is 358 Å². The van der Waals surface area contributed by atoms with E-state index in [4.69, 9.17) is 0 Å². The summed E-state index contributed by atoms with van der Waals surface area (Å²) in [5, 5.41) is 19.9. The second kappa shape index (κ2) is 31.1. The average molecular weight is 1580 g/mol. The second-order valence-electron chi connectivity index (χ2n) is 32.1. The predicted octanol–water partition coefficient (Wildman–Crippen LogP) is 33.4. The Bertz CT molecular complexity index is 8050. The van der Waals surface area contributed by atoms with E-state index in [0.29, 0.717) is 0 Å². The third-order valence-corrected chi connectivity index (χ3v) is 25.1. The first-order valence-corrected chi connectivity index (χ1v) is 42.7. The fourth-order valence-corrected chi connectivity index (χ4v) is 19.5. The van der Waals surface area contributed by atoms with Crippen LogP contribution in [0.4, 0.5) is 34.1 Å². The summed E-state index contributed by atoms with van der Waals surface area (Å²) < 4.78 is 4.74. The van der Waals surface area contributed by atoms with E-state index in [9.17, 15) is 0 Å². The van der Waals surface area contributed by atoms with E-state index in [2.05, 4.69) is 504 Å². The van der Waals surface area contributed by atoms with Gasteiger partial charge in [-0.15, -0.1) is 0 Å². The predicted molar refractivity (Wildman–Crippen MR) is 529 cm³/mol. The summed E-state index contributed by atoms with van der Waals surface area (Å²) in [6, 6.07) is 177. The average Bonchev–Trinajstić information content (AvgIpc) is 1.28. The van der Waals surface area contributed by atoms with Crippen molar-refractivity contribution in [3.8, 4) is 78.1 Å². The zero-order valence-electron chi connectivity index (χ0n) is 68.0. The van der Waals surface area contributed by atoms with Crippen molar-refractivity contribution >= 4 is 142 Å². The highest BCUT2D eigenvalue weighted by Gasteiger charge is 2.24. The van der Waals surface area contributed by atoms with Crippen LogP contribution in [0.1, 0.15) is 0 Å². The van der Waals surface area contributed by atoms with Gasteiger partial charge in [-0.3, -0.25) is 0 Å². The lowest BCUT2D eigenvalue weighted by atomic mass is 9.86. The molecule has 0 N–H and O–H groups in total. The van der Waals surface area contributed by atoms with E-state index in [1.165, 1.54) is 186 Å². The molecule has 4 heteroatoms. The zero-order valence-corrected chi connectivity index (χ0v) is 68.0. The van der Waals surface area contributed by atoms with Crippen LogP contribution in [-0.4, -0.2) is 9.13 Å². The van der Waals surface area contributed by atoms with Gasteiger partial charge in [0.15, 0.2) is 0 Å². The fourth-order valence-electron chi connectivity index (χ4n) is 19.5. The lowest BCUT2D eigenvalue weighted by Crippen LogP contribution is -2.10. The lowest BCUT2D eigenvalue weighted by Gasteiger charge is -2.27. The smallest absolute Gasteiger partial charge is 0.0541 e. The Morgan fingerprint density at radius 1 is 0.137 bits per heavy atom. The maximum Gasteiger partial charge on any atom is 0.0541 e. The van der Waals surface area contributed by atoms with Crippen molar-refractivity contribution in [3.63, 3.8) is 0 Å². The molecule has 0 aliphatic carbocycles. The van der Waals surface area contributed by atoms with Gasteiger partial charge >= 0.3 is 0 Å². The Morgan fingerprint density at radius 2 is 0.411 bits per heavy atom. The quantitative estimate of drug-likeness (QED) is 0.101. The normalized spacial score (nSPS) is 11.5. The maximum atomic E-state index is 2.40. The highest BCUT2D eigenvalue weighted by Crippen LogP contribution is 2.50. The van der Waals surface area contributed by atoms with Gasteiger partial charge in [-0.25, -0.2) is 0 Å². The summed E-state index contributed by atoms with van der Waals surface area (Å²) in [6.45, 7) is 0. The molecule has 0 spiro atoms. The molecule has 0 radical (unpaired) electrons.